The van der Waals surface area contributed by atoms with E-state index < -0.39 is 17.0 Å². The second kappa shape index (κ2) is 4.85. The molecule has 0 fully saturated rings. The van der Waals surface area contributed by atoms with Crippen LogP contribution < -0.4 is 5.32 Å². The van der Waals surface area contributed by atoms with Crippen LogP contribution in [0.5, 0.6) is 0 Å². The van der Waals surface area contributed by atoms with Gasteiger partial charge < -0.3 is 10.2 Å². The maximum Gasteiger partial charge on any atom is 0.328 e. The van der Waals surface area contributed by atoms with Gasteiger partial charge in [0.1, 0.15) is 5.54 Å². The van der Waals surface area contributed by atoms with Gasteiger partial charge in [-0.1, -0.05) is 30.3 Å². The molecule has 1 rings (SSSR count). The molecule has 0 bridgehead atoms. The average Bonchev–Trinajstić information content (AvgIpc) is 2.29. The third-order valence-corrected chi connectivity index (χ3v) is 2.76. The molecule has 1 aromatic carbocycles. The summed E-state index contributed by atoms with van der Waals surface area (Å²) >= 11 is 0. The molecule has 1 unspecified atom stereocenters. The third-order valence-electron chi connectivity index (χ3n) is 2.76. The minimum Gasteiger partial charge on any atom is -0.480 e. The van der Waals surface area contributed by atoms with Gasteiger partial charge >= 0.3 is 5.97 Å². The smallest absolute Gasteiger partial charge is 0.328 e. The SMILES string of the molecule is CC(C)(CO)NC(C)(C(=O)O)c1ccccc1. The van der Waals surface area contributed by atoms with E-state index in [1.54, 1.807) is 45.0 Å². The van der Waals surface area contributed by atoms with E-state index in [-0.39, 0.29) is 6.61 Å². The first-order valence-corrected chi connectivity index (χ1v) is 5.51. The summed E-state index contributed by atoms with van der Waals surface area (Å²) in [7, 11) is 0. The fourth-order valence-corrected chi connectivity index (χ4v) is 1.74. The van der Waals surface area contributed by atoms with Crippen molar-refractivity contribution in [1.29, 1.82) is 0 Å². The lowest BCUT2D eigenvalue weighted by molar-refractivity contribution is -0.145. The zero-order valence-corrected chi connectivity index (χ0v) is 10.4. The highest BCUT2D eigenvalue weighted by Gasteiger charge is 2.39. The number of carboxylic acids is 1. The van der Waals surface area contributed by atoms with Gasteiger partial charge in [-0.05, 0) is 26.3 Å². The van der Waals surface area contributed by atoms with E-state index in [0.29, 0.717) is 5.56 Å². The largest absolute Gasteiger partial charge is 0.480 e. The van der Waals surface area contributed by atoms with E-state index in [1.165, 1.54) is 0 Å². The molecule has 4 nitrogen and oxygen atoms in total. The van der Waals surface area contributed by atoms with Crippen LogP contribution in [-0.4, -0.2) is 28.3 Å². The van der Waals surface area contributed by atoms with Gasteiger partial charge in [0.2, 0.25) is 0 Å². The van der Waals surface area contributed by atoms with Gasteiger partial charge in [-0.3, -0.25) is 5.32 Å². The lowest BCUT2D eigenvalue weighted by atomic mass is 9.88. The van der Waals surface area contributed by atoms with Crippen molar-refractivity contribution in [3.63, 3.8) is 0 Å². The molecule has 1 aromatic rings. The maximum absolute atomic E-state index is 11.5. The number of rotatable bonds is 5. The molecular weight excluding hydrogens is 218 g/mol. The van der Waals surface area contributed by atoms with Gasteiger partial charge in [0.15, 0.2) is 0 Å². The molecule has 0 spiro atoms. The number of nitrogens with one attached hydrogen (secondary N) is 1. The zero-order valence-electron chi connectivity index (χ0n) is 10.4. The fourth-order valence-electron chi connectivity index (χ4n) is 1.74. The number of aliphatic hydroxyl groups is 1. The van der Waals surface area contributed by atoms with Crippen LogP contribution in [0.2, 0.25) is 0 Å². The molecule has 4 heteroatoms. The summed E-state index contributed by atoms with van der Waals surface area (Å²) in [5, 5.41) is 21.6. The molecule has 3 N–H and O–H groups in total. The molecule has 0 aromatic heterocycles. The summed E-state index contributed by atoms with van der Waals surface area (Å²) < 4.78 is 0. The van der Waals surface area contributed by atoms with E-state index in [1.807, 2.05) is 6.07 Å². The first-order valence-electron chi connectivity index (χ1n) is 5.51. The summed E-state index contributed by atoms with van der Waals surface area (Å²) in [6, 6.07) is 8.94. The first-order chi connectivity index (χ1) is 7.82. The molecule has 0 aliphatic rings. The second-order valence-electron chi connectivity index (χ2n) is 4.96. The molecule has 0 aliphatic carbocycles. The molecule has 0 radical (unpaired) electrons. The Hall–Kier alpha value is -1.39. The highest BCUT2D eigenvalue weighted by atomic mass is 16.4. The maximum atomic E-state index is 11.5. The average molecular weight is 237 g/mol. The van der Waals surface area contributed by atoms with Crippen LogP contribution in [0.1, 0.15) is 26.3 Å². The summed E-state index contributed by atoms with van der Waals surface area (Å²) in [4.78, 5) is 11.5. The van der Waals surface area contributed by atoms with Gasteiger partial charge in [-0.25, -0.2) is 4.79 Å². The third kappa shape index (κ3) is 3.05. The second-order valence-corrected chi connectivity index (χ2v) is 4.96. The Labute approximate surface area is 101 Å². The lowest BCUT2D eigenvalue weighted by Crippen LogP contribution is -2.57. The first kappa shape index (κ1) is 13.7. The van der Waals surface area contributed by atoms with Crippen LogP contribution in [0, 0.1) is 0 Å². The number of hydrogen-bond donors (Lipinski definition) is 3. The van der Waals surface area contributed by atoms with Crippen molar-refractivity contribution in [2.45, 2.75) is 31.8 Å². The van der Waals surface area contributed by atoms with E-state index >= 15 is 0 Å². The highest BCUT2D eigenvalue weighted by molar-refractivity contribution is 5.80. The van der Waals surface area contributed by atoms with Crippen LogP contribution in [0.25, 0.3) is 0 Å². The fraction of sp³-hybridized carbons (Fsp3) is 0.462. The molecule has 0 saturated carbocycles. The summed E-state index contributed by atoms with van der Waals surface area (Å²) in [5.74, 6) is -0.967. The Morgan fingerprint density at radius 3 is 2.18 bits per heavy atom. The van der Waals surface area contributed by atoms with Crippen LogP contribution in [-0.2, 0) is 10.3 Å². The van der Waals surface area contributed by atoms with Gasteiger partial charge in [0, 0.05) is 5.54 Å². The van der Waals surface area contributed by atoms with E-state index in [2.05, 4.69) is 5.32 Å². The molecule has 17 heavy (non-hydrogen) atoms. The van der Waals surface area contributed by atoms with Crippen molar-refractivity contribution in [2.24, 2.45) is 0 Å². The number of aliphatic hydroxyl groups excluding tert-OH is 1. The molecule has 1 atom stereocenters. The monoisotopic (exact) mass is 237 g/mol. The summed E-state index contributed by atoms with van der Waals surface area (Å²) in [6.07, 6.45) is 0. The molecule has 0 amide bonds. The number of aliphatic carboxylic acids is 1. The normalized spacial score (nSPS) is 15.3. The summed E-state index contributed by atoms with van der Waals surface area (Å²) in [5.41, 5.74) is -1.22. The highest BCUT2D eigenvalue weighted by Crippen LogP contribution is 2.24. The predicted molar refractivity (Wildman–Crippen MR) is 65.7 cm³/mol. The van der Waals surface area contributed by atoms with E-state index in [4.69, 9.17) is 0 Å². The van der Waals surface area contributed by atoms with Crippen molar-refractivity contribution in [3.8, 4) is 0 Å². The number of carbonyl (C=O) groups is 1. The van der Waals surface area contributed by atoms with E-state index in [0.717, 1.165) is 0 Å². The molecule has 0 aliphatic heterocycles. The Kier molecular flexibility index (Phi) is 3.91. The van der Waals surface area contributed by atoms with Crippen molar-refractivity contribution >= 4 is 5.97 Å². The minimum absolute atomic E-state index is 0.136. The van der Waals surface area contributed by atoms with Crippen LogP contribution >= 0.6 is 0 Å². The Balaban J connectivity index is 3.12. The van der Waals surface area contributed by atoms with Crippen LogP contribution in [0.3, 0.4) is 0 Å². The molecule has 0 saturated heterocycles. The van der Waals surface area contributed by atoms with Crippen molar-refractivity contribution < 1.29 is 15.0 Å². The lowest BCUT2D eigenvalue weighted by Gasteiger charge is -2.36. The Morgan fingerprint density at radius 1 is 1.24 bits per heavy atom. The standard InChI is InChI=1S/C13H19NO3/c1-12(2,9-15)14-13(3,11(16)17)10-7-5-4-6-8-10/h4-8,14-15H,9H2,1-3H3,(H,16,17). The Morgan fingerprint density at radius 2 is 1.76 bits per heavy atom. The Bertz CT molecular complexity index is 389. The topological polar surface area (TPSA) is 69.6 Å². The van der Waals surface area contributed by atoms with Crippen LogP contribution in [0.4, 0.5) is 0 Å². The summed E-state index contributed by atoms with van der Waals surface area (Å²) in [6.45, 7) is 4.99. The van der Waals surface area contributed by atoms with Gasteiger partial charge in [0.05, 0.1) is 6.61 Å². The van der Waals surface area contributed by atoms with Gasteiger partial charge in [-0.15, -0.1) is 0 Å². The van der Waals surface area contributed by atoms with E-state index in [9.17, 15) is 15.0 Å². The zero-order chi connectivity index (χ0) is 13.1. The van der Waals surface area contributed by atoms with Crippen molar-refractivity contribution in [3.05, 3.63) is 35.9 Å². The predicted octanol–water partition coefficient (Wildman–Crippen LogP) is 1.35. The molecule has 94 valence electrons. The molecular formula is C13H19NO3. The number of carboxylic acid groups (broad SMARTS) is 1. The van der Waals surface area contributed by atoms with Gasteiger partial charge in [-0.2, -0.15) is 0 Å². The number of benzene rings is 1. The van der Waals surface area contributed by atoms with Crippen LogP contribution in [0.15, 0.2) is 30.3 Å². The minimum atomic E-state index is -1.21. The number of hydrogen-bond acceptors (Lipinski definition) is 3. The molecule has 0 heterocycles. The van der Waals surface area contributed by atoms with Crippen molar-refractivity contribution in [1.82, 2.24) is 5.32 Å². The van der Waals surface area contributed by atoms with Gasteiger partial charge in [0.25, 0.3) is 0 Å². The van der Waals surface area contributed by atoms with Crippen molar-refractivity contribution in [2.75, 3.05) is 6.61 Å². The quantitative estimate of drug-likeness (QED) is 0.723.